The molecule has 0 bridgehead atoms. The van der Waals surface area contributed by atoms with Crippen molar-refractivity contribution in [2.45, 2.75) is 13.0 Å². The average Bonchev–Trinajstić information content (AvgIpc) is 2.86. The van der Waals surface area contributed by atoms with Crippen molar-refractivity contribution >= 4 is 33.0 Å². The van der Waals surface area contributed by atoms with Gasteiger partial charge in [-0.25, -0.2) is 0 Å². The average molecular weight is 342 g/mol. The molecule has 1 atom stereocenters. The van der Waals surface area contributed by atoms with E-state index in [1.807, 2.05) is 18.2 Å². The number of thiophene rings is 1. The van der Waals surface area contributed by atoms with Gasteiger partial charge in [0.05, 0.1) is 25.9 Å². The monoisotopic (exact) mass is 341 g/mol. The Hall–Kier alpha value is -1.20. The highest BCUT2D eigenvalue weighted by molar-refractivity contribution is 9.10. The third-order valence-corrected chi connectivity index (χ3v) is 4.67. The molecule has 0 saturated heterocycles. The highest BCUT2D eigenvalue weighted by atomic mass is 79.9. The zero-order valence-electron chi connectivity index (χ0n) is 11.1. The Morgan fingerprint density at radius 2 is 2.00 bits per heavy atom. The van der Waals surface area contributed by atoms with Crippen molar-refractivity contribution in [1.82, 2.24) is 0 Å². The minimum absolute atomic E-state index is 0.221. The summed E-state index contributed by atoms with van der Waals surface area (Å²) in [7, 11) is 3.31. The molecule has 0 saturated carbocycles. The van der Waals surface area contributed by atoms with E-state index in [1.54, 1.807) is 25.6 Å². The third-order valence-electron chi connectivity index (χ3n) is 2.80. The van der Waals surface area contributed by atoms with E-state index in [0.29, 0.717) is 0 Å². The third kappa shape index (κ3) is 3.42. The Morgan fingerprint density at radius 1 is 1.21 bits per heavy atom. The molecule has 1 heterocycles. The molecular weight excluding hydrogens is 326 g/mol. The van der Waals surface area contributed by atoms with E-state index in [2.05, 4.69) is 39.6 Å². The lowest BCUT2D eigenvalue weighted by Crippen LogP contribution is -2.06. The Balaban J connectivity index is 2.18. The van der Waals surface area contributed by atoms with E-state index in [9.17, 15) is 0 Å². The topological polar surface area (TPSA) is 30.5 Å². The highest BCUT2D eigenvalue weighted by Crippen LogP contribution is 2.33. The van der Waals surface area contributed by atoms with Gasteiger partial charge in [-0.3, -0.25) is 0 Å². The van der Waals surface area contributed by atoms with Gasteiger partial charge in [0, 0.05) is 20.8 Å². The smallest absolute Gasteiger partial charge is 0.145 e. The summed E-state index contributed by atoms with van der Waals surface area (Å²) in [6.07, 6.45) is 0. The molecule has 0 radical (unpaired) electrons. The number of methoxy groups -OCH3 is 2. The fraction of sp³-hybridized carbons (Fsp3) is 0.286. The first kappa shape index (κ1) is 14.2. The van der Waals surface area contributed by atoms with Crippen LogP contribution in [0.25, 0.3) is 0 Å². The van der Waals surface area contributed by atoms with Gasteiger partial charge in [0.15, 0.2) is 0 Å². The van der Waals surface area contributed by atoms with Gasteiger partial charge in [0.2, 0.25) is 0 Å². The normalized spacial score (nSPS) is 12.0. The van der Waals surface area contributed by atoms with Crippen LogP contribution in [0, 0.1) is 0 Å². The van der Waals surface area contributed by atoms with Crippen LogP contribution in [0.1, 0.15) is 17.8 Å². The molecule has 0 spiro atoms. The number of nitrogens with one attached hydrogen (secondary N) is 1. The van der Waals surface area contributed by atoms with Crippen LogP contribution in [-0.4, -0.2) is 14.2 Å². The van der Waals surface area contributed by atoms with E-state index in [4.69, 9.17) is 9.47 Å². The molecule has 1 N–H and O–H groups in total. The maximum Gasteiger partial charge on any atom is 0.145 e. The van der Waals surface area contributed by atoms with E-state index in [0.717, 1.165) is 21.7 Å². The second-order valence-corrected chi connectivity index (χ2v) is 5.96. The molecule has 0 fully saturated rings. The van der Waals surface area contributed by atoms with E-state index < -0.39 is 0 Å². The predicted molar refractivity (Wildman–Crippen MR) is 83.6 cm³/mol. The van der Waals surface area contributed by atoms with Crippen LogP contribution in [0.15, 0.2) is 34.1 Å². The van der Waals surface area contributed by atoms with E-state index in [1.165, 1.54) is 4.88 Å². The summed E-state index contributed by atoms with van der Waals surface area (Å²) >= 11 is 5.20. The zero-order valence-corrected chi connectivity index (χ0v) is 13.5. The summed E-state index contributed by atoms with van der Waals surface area (Å²) in [5.74, 6) is 1.57. The number of hydrogen-bond donors (Lipinski definition) is 1. The van der Waals surface area contributed by atoms with Crippen LogP contribution in [0.2, 0.25) is 0 Å². The highest BCUT2D eigenvalue weighted by Gasteiger charge is 2.11. The molecule has 2 rings (SSSR count). The number of anilines is 1. The molecule has 0 aliphatic rings. The van der Waals surface area contributed by atoms with Gasteiger partial charge in [0.25, 0.3) is 0 Å². The van der Waals surface area contributed by atoms with E-state index >= 15 is 0 Å². The number of halogens is 1. The van der Waals surface area contributed by atoms with Gasteiger partial charge in [-0.05, 0) is 41.1 Å². The van der Waals surface area contributed by atoms with Gasteiger partial charge in [-0.1, -0.05) is 0 Å². The first-order valence-electron chi connectivity index (χ1n) is 5.86. The Labute approximate surface area is 125 Å². The van der Waals surface area contributed by atoms with Crippen molar-refractivity contribution in [1.29, 1.82) is 0 Å². The van der Waals surface area contributed by atoms with Gasteiger partial charge >= 0.3 is 0 Å². The summed E-state index contributed by atoms with van der Waals surface area (Å²) in [6.45, 7) is 2.13. The number of hydrogen-bond acceptors (Lipinski definition) is 4. The first-order valence-corrected chi connectivity index (χ1v) is 7.53. The van der Waals surface area contributed by atoms with Crippen molar-refractivity contribution in [3.8, 4) is 11.5 Å². The Kier molecular flexibility index (Phi) is 4.71. The first-order chi connectivity index (χ1) is 9.13. The fourth-order valence-electron chi connectivity index (χ4n) is 1.78. The van der Waals surface area contributed by atoms with Crippen molar-refractivity contribution in [2.24, 2.45) is 0 Å². The quantitative estimate of drug-likeness (QED) is 0.854. The lowest BCUT2D eigenvalue weighted by atomic mass is 10.2. The number of ether oxygens (including phenoxy) is 2. The molecule has 1 aromatic heterocycles. The predicted octanol–water partition coefficient (Wildman–Crippen LogP) is 4.70. The standard InChI is InChI=1S/C14H16BrNO2S/c1-9(14-6-10(15)8-19-14)16-12-5-4-11(17-2)7-13(12)18-3/h4-9,16H,1-3H3. The molecule has 0 aliphatic carbocycles. The van der Waals surface area contributed by atoms with Crippen LogP contribution >= 0.6 is 27.3 Å². The molecule has 102 valence electrons. The molecule has 3 nitrogen and oxygen atoms in total. The van der Waals surface area contributed by atoms with Crippen molar-refractivity contribution in [2.75, 3.05) is 19.5 Å². The Morgan fingerprint density at radius 3 is 2.58 bits per heavy atom. The minimum atomic E-state index is 0.221. The molecule has 0 aliphatic heterocycles. The summed E-state index contributed by atoms with van der Waals surface area (Å²) < 4.78 is 11.7. The summed E-state index contributed by atoms with van der Waals surface area (Å²) in [4.78, 5) is 1.27. The summed E-state index contributed by atoms with van der Waals surface area (Å²) in [5, 5.41) is 5.53. The fourth-order valence-corrected chi connectivity index (χ4v) is 3.23. The number of benzene rings is 1. The van der Waals surface area contributed by atoms with Crippen LogP contribution in [0.5, 0.6) is 11.5 Å². The van der Waals surface area contributed by atoms with Gasteiger partial charge in [-0.2, -0.15) is 0 Å². The minimum Gasteiger partial charge on any atom is -0.497 e. The van der Waals surface area contributed by atoms with Crippen molar-refractivity contribution in [3.63, 3.8) is 0 Å². The molecule has 1 aromatic carbocycles. The zero-order chi connectivity index (χ0) is 13.8. The van der Waals surface area contributed by atoms with E-state index in [-0.39, 0.29) is 6.04 Å². The molecule has 19 heavy (non-hydrogen) atoms. The maximum atomic E-state index is 5.38. The maximum absolute atomic E-state index is 5.38. The second-order valence-electron chi connectivity index (χ2n) is 4.10. The molecular formula is C14H16BrNO2S. The molecule has 1 unspecified atom stereocenters. The molecule has 2 aromatic rings. The van der Waals surface area contributed by atoms with Crippen molar-refractivity contribution in [3.05, 3.63) is 39.0 Å². The lowest BCUT2D eigenvalue weighted by Gasteiger charge is -2.17. The van der Waals surface area contributed by atoms with Gasteiger partial charge in [0.1, 0.15) is 11.5 Å². The second kappa shape index (κ2) is 6.30. The van der Waals surface area contributed by atoms with Crippen LogP contribution < -0.4 is 14.8 Å². The van der Waals surface area contributed by atoms with Crippen LogP contribution in [0.4, 0.5) is 5.69 Å². The summed E-state index contributed by atoms with van der Waals surface area (Å²) in [5.41, 5.74) is 0.959. The van der Waals surface area contributed by atoms with Crippen LogP contribution in [0.3, 0.4) is 0 Å². The Bertz CT molecular complexity index is 556. The lowest BCUT2D eigenvalue weighted by molar-refractivity contribution is 0.395. The van der Waals surface area contributed by atoms with Gasteiger partial charge < -0.3 is 14.8 Å². The van der Waals surface area contributed by atoms with Gasteiger partial charge in [-0.15, -0.1) is 11.3 Å². The molecule has 5 heteroatoms. The SMILES string of the molecule is COc1ccc(NC(C)c2cc(Br)cs2)c(OC)c1. The molecule has 0 amide bonds. The van der Waals surface area contributed by atoms with Crippen LogP contribution in [-0.2, 0) is 0 Å². The largest absolute Gasteiger partial charge is 0.497 e. The van der Waals surface area contributed by atoms with Crippen molar-refractivity contribution < 1.29 is 9.47 Å². The summed E-state index contributed by atoms with van der Waals surface area (Å²) in [6, 6.07) is 8.11. The number of rotatable bonds is 5.